The molecule has 172 valence electrons. The number of carbonyl (C=O) groups is 5. The molecule has 0 aliphatic rings. The second-order valence-electron chi connectivity index (χ2n) is 7.71. The van der Waals surface area contributed by atoms with Gasteiger partial charge in [-0.15, -0.1) is 0 Å². The van der Waals surface area contributed by atoms with E-state index in [1.54, 1.807) is 0 Å². The second-order valence-corrected chi connectivity index (χ2v) is 7.71. The third kappa shape index (κ3) is 10.7. The van der Waals surface area contributed by atoms with Gasteiger partial charge in [-0.3, -0.25) is 19.2 Å². The Morgan fingerprint density at radius 2 is 1.53 bits per heavy atom. The van der Waals surface area contributed by atoms with Crippen LogP contribution in [0.3, 0.4) is 0 Å². The molecule has 0 rings (SSSR count). The SMILES string of the molecule is CCC(C)C(N)C(=O)NCC(=O)NC(CC(C)C)C(=O)NC(CCC(=O)O)C(=O)O. The average Bonchev–Trinajstić information content (AvgIpc) is 2.66. The summed E-state index contributed by atoms with van der Waals surface area (Å²) in [6.45, 7) is 6.96. The van der Waals surface area contributed by atoms with Gasteiger partial charge in [-0.05, 0) is 24.7 Å². The average molecular weight is 431 g/mol. The fourth-order valence-corrected chi connectivity index (χ4v) is 2.54. The lowest BCUT2D eigenvalue weighted by Crippen LogP contribution is -2.54. The van der Waals surface area contributed by atoms with Crippen molar-refractivity contribution in [2.75, 3.05) is 6.54 Å². The Labute approximate surface area is 176 Å². The molecule has 0 bridgehead atoms. The number of carboxylic acids is 2. The van der Waals surface area contributed by atoms with Crippen LogP contribution in [-0.2, 0) is 24.0 Å². The molecule has 0 aliphatic heterocycles. The van der Waals surface area contributed by atoms with Gasteiger partial charge >= 0.3 is 11.9 Å². The first-order valence-electron chi connectivity index (χ1n) is 9.96. The molecular weight excluding hydrogens is 396 g/mol. The third-order valence-corrected chi connectivity index (χ3v) is 4.60. The normalized spacial score (nSPS) is 14.9. The summed E-state index contributed by atoms with van der Waals surface area (Å²) in [4.78, 5) is 58.6. The van der Waals surface area contributed by atoms with Crippen molar-refractivity contribution in [3.63, 3.8) is 0 Å². The fraction of sp³-hybridized carbons (Fsp3) is 0.737. The van der Waals surface area contributed by atoms with E-state index in [0.29, 0.717) is 6.42 Å². The summed E-state index contributed by atoms with van der Waals surface area (Å²) in [5.74, 6) is -4.47. The zero-order chi connectivity index (χ0) is 23.4. The van der Waals surface area contributed by atoms with Gasteiger partial charge in [-0.2, -0.15) is 0 Å². The lowest BCUT2D eigenvalue weighted by atomic mass is 9.99. The third-order valence-electron chi connectivity index (χ3n) is 4.60. The van der Waals surface area contributed by atoms with Crippen molar-refractivity contribution in [3.05, 3.63) is 0 Å². The van der Waals surface area contributed by atoms with Crippen LogP contribution in [-0.4, -0.2) is 64.5 Å². The molecule has 30 heavy (non-hydrogen) atoms. The van der Waals surface area contributed by atoms with Crippen molar-refractivity contribution in [1.29, 1.82) is 0 Å². The number of nitrogens with one attached hydrogen (secondary N) is 3. The maximum absolute atomic E-state index is 12.5. The molecule has 0 fully saturated rings. The van der Waals surface area contributed by atoms with Gasteiger partial charge in [0.15, 0.2) is 0 Å². The van der Waals surface area contributed by atoms with Gasteiger partial charge in [0.1, 0.15) is 12.1 Å². The van der Waals surface area contributed by atoms with Crippen LogP contribution in [0, 0.1) is 11.8 Å². The number of nitrogens with two attached hydrogens (primary N) is 1. The highest BCUT2D eigenvalue weighted by atomic mass is 16.4. The molecule has 0 aromatic rings. The van der Waals surface area contributed by atoms with Crippen molar-refractivity contribution in [3.8, 4) is 0 Å². The highest BCUT2D eigenvalue weighted by Crippen LogP contribution is 2.07. The summed E-state index contributed by atoms with van der Waals surface area (Å²) in [6.07, 6.45) is 0.205. The van der Waals surface area contributed by atoms with Crippen molar-refractivity contribution >= 4 is 29.7 Å². The predicted molar refractivity (Wildman–Crippen MR) is 108 cm³/mol. The number of aliphatic carboxylic acids is 2. The Morgan fingerprint density at radius 3 is 2.00 bits per heavy atom. The molecule has 11 nitrogen and oxygen atoms in total. The molecule has 0 saturated carbocycles. The lowest BCUT2D eigenvalue weighted by Gasteiger charge is -2.23. The van der Waals surface area contributed by atoms with E-state index in [0.717, 1.165) is 0 Å². The molecular formula is C19H34N4O7. The molecule has 0 aromatic heterocycles. The van der Waals surface area contributed by atoms with Gasteiger partial charge in [-0.25, -0.2) is 4.79 Å². The van der Waals surface area contributed by atoms with Crippen molar-refractivity contribution in [2.45, 2.75) is 71.5 Å². The number of hydrogen-bond donors (Lipinski definition) is 6. The Bertz CT molecular complexity index is 624. The lowest BCUT2D eigenvalue weighted by molar-refractivity contribution is -0.143. The summed E-state index contributed by atoms with van der Waals surface area (Å²) in [6, 6.07) is -3.19. The van der Waals surface area contributed by atoms with Crippen LogP contribution in [0.1, 0.15) is 53.4 Å². The van der Waals surface area contributed by atoms with E-state index in [2.05, 4.69) is 16.0 Å². The summed E-state index contributed by atoms with van der Waals surface area (Å²) in [5, 5.41) is 25.1. The van der Waals surface area contributed by atoms with Gasteiger partial charge in [0, 0.05) is 6.42 Å². The molecule has 0 aromatic carbocycles. The Balaban J connectivity index is 4.95. The standard InChI is InChI=1S/C19H34N4O7/c1-5-11(4)16(20)18(28)21-9-14(24)22-13(8-10(2)3)17(27)23-12(19(29)30)6-7-15(25)26/h10-13,16H,5-9,20H2,1-4H3,(H,21,28)(H,22,24)(H,23,27)(H,25,26)(H,29,30). The van der Waals surface area contributed by atoms with Crippen LogP contribution in [0.4, 0.5) is 0 Å². The molecule has 7 N–H and O–H groups in total. The number of amides is 3. The van der Waals surface area contributed by atoms with Crippen LogP contribution in [0.15, 0.2) is 0 Å². The first-order valence-corrected chi connectivity index (χ1v) is 9.96. The van der Waals surface area contributed by atoms with Gasteiger partial charge in [-0.1, -0.05) is 34.1 Å². The summed E-state index contributed by atoms with van der Waals surface area (Å²) >= 11 is 0. The van der Waals surface area contributed by atoms with Crippen LogP contribution < -0.4 is 21.7 Å². The molecule has 0 saturated heterocycles. The van der Waals surface area contributed by atoms with E-state index in [1.165, 1.54) is 0 Å². The molecule has 0 radical (unpaired) electrons. The van der Waals surface area contributed by atoms with Crippen molar-refractivity contribution in [1.82, 2.24) is 16.0 Å². The zero-order valence-electron chi connectivity index (χ0n) is 17.9. The van der Waals surface area contributed by atoms with E-state index >= 15 is 0 Å². The van der Waals surface area contributed by atoms with E-state index in [9.17, 15) is 29.1 Å². The van der Waals surface area contributed by atoms with Gasteiger partial charge in [0.05, 0.1) is 12.6 Å². The molecule has 4 unspecified atom stereocenters. The molecule has 4 atom stereocenters. The number of hydrogen-bond acceptors (Lipinski definition) is 6. The summed E-state index contributed by atoms with van der Waals surface area (Å²) in [7, 11) is 0. The van der Waals surface area contributed by atoms with Crippen LogP contribution in [0.2, 0.25) is 0 Å². The number of carbonyl (C=O) groups excluding carboxylic acids is 3. The summed E-state index contributed by atoms with van der Waals surface area (Å²) < 4.78 is 0. The minimum Gasteiger partial charge on any atom is -0.481 e. The maximum Gasteiger partial charge on any atom is 0.326 e. The highest BCUT2D eigenvalue weighted by molar-refractivity contribution is 5.92. The topological polar surface area (TPSA) is 188 Å². The first kappa shape index (κ1) is 27.3. The smallest absolute Gasteiger partial charge is 0.326 e. The quantitative estimate of drug-likeness (QED) is 0.211. The first-order chi connectivity index (χ1) is 13.9. The van der Waals surface area contributed by atoms with Crippen LogP contribution in [0.5, 0.6) is 0 Å². The fourth-order valence-electron chi connectivity index (χ4n) is 2.54. The van der Waals surface area contributed by atoms with E-state index in [4.69, 9.17) is 10.8 Å². The largest absolute Gasteiger partial charge is 0.481 e. The van der Waals surface area contributed by atoms with Crippen LogP contribution in [0.25, 0.3) is 0 Å². The highest BCUT2D eigenvalue weighted by Gasteiger charge is 2.28. The predicted octanol–water partition coefficient (Wildman–Crippen LogP) is -0.559. The Kier molecular flexibility index (Phi) is 12.3. The Morgan fingerprint density at radius 1 is 0.933 bits per heavy atom. The van der Waals surface area contributed by atoms with E-state index in [-0.39, 0.29) is 31.2 Å². The molecule has 0 aliphatic carbocycles. The molecule has 3 amide bonds. The minimum atomic E-state index is -1.40. The second kappa shape index (κ2) is 13.5. The van der Waals surface area contributed by atoms with Gasteiger partial charge in [0.2, 0.25) is 17.7 Å². The van der Waals surface area contributed by atoms with E-state index in [1.807, 2.05) is 27.7 Å². The monoisotopic (exact) mass is 430 g/mol. The molecule has 11 heteroatoms. The van der Waals surface area contributed by atoms with E-state index < -0.39 is 54.2 Å². The molecule has 0 spiro atoms. The van der Waals surface area contributed by atoms with Crippen molar-refractivity contribution in [2.24, 2.45) is 17.6 Å². The minimum absolute atomic E-state index is 0.00300. The number of carboxylic acid groups (broad SMARTS) is 2. The van der Waals surface area contributed by atoms with Crippen LogP contribution >= 0.6 is 0 Å². The Hall–Kier alpha value is -2.69. The zero-order valence-corrected chi connectivity index (χ0v) is 17.9. The summed E-state index contributed by atoms with van der Waals surface area (Å²) in [5.41, 5.74) is 5.80. The molecule has 0 heterocycles. The van der Waals surface area contributed by atoms with Crippen molar-refractivity contribution < 1.29 is 34.2 Å². The van der Waals surface area contributed by atoms with Gasteiger partial charge in [0.25, 0.3) is 0 Å². The van der Waals surface area contributed by atoms with Gasteiger partial charge < -0.3 is 31.9 Å². The number of rotatable bonds is 14. The maximum atomic E-state index is 12.5.